The van der Waals surface area contributed by atoms with Crippen molar-refractivity contribution in [3.8, 4) is 5.75 Å². The average Bonchev–Trinajstić information content (AvgIpc) is 2.92. The van der Waals surface area contributed by atoms with Gasteiger partial charge < -0.3 is 19.6 Å². The zero-order valence-electron chi connectivity index (χ0n) is 14.0. The second kappa shape index (κ2) is 7.68. The van der Waals surface area contributed by atoms with Crippen molar-refractivity contribution in [3.63, 3.8) is 0 Å². The number of amides is 1. The molecule has 2 aromatic rings. The molecular weight excluding hydrogens is 310 g/mol. The molecule has 0 atom stereocenters. The van der Waals surface area contributed by atoms with Gasteiger partial charge in [0.25, 0.3) is 5.91 Å². The Morgan fingerprint density at radius 3 is 2.46 bits per heavy atom. The average molecular weight is 331 g/mol. The molecular formula is C18H21NO5. The molecule has 0 unspecified atom stereocenters. The summed E-state index contributed by atoms with van der Waals surface area (Å²) >= 11 is 0. The number of nitrogens with one attached hydrogen (secondary N) is 1. The summed E-state index contributed by atoms with van der Waals surface area (Å²) in [5, 5.41) is 11.6. The molecule has 1 aromatic carbocycles. The molecule has 0 bridgehead atoms. The molecule has 0 saturated heterocycles. The molecule has 1 amide bonds. The lowest BCUT2D eigenvalue weighted by Crippen LogP contribution is -2.28. The molecule has 0 aliphatic rings. The van der Waals surface area contributed by atoms with Crippen LogP contribution in [0.4, 0.5) is 0 Å². The van der Waals surface area contributed by atoms with Gasteiger partial charge in [-0.3, -0.25) is 4.79 Å². The SMILES string of the molecule is Cc1oc(CNC(=O)COc2ccc(C(C)C)cc2)cc1C(=O)O. The van der Waals surface area contributed by atoms with Crippen LogP contribution in [0.15, 0.2) is 34.7 Å². The Morgan fingerprint density at radius 1 is 1.25 bits per heavy atom. The van der Waals surface area contributed by atoms with Crippen LogP contribution in [0.2, 0.25) is 0 Å². The predicted molar refractivity (Wildman–Crippen MR) is 88.3 cm³/mol. The van der Waals surface area contributed by atoms with Gasteiger partial charge in [0.2, 0.25) is 0 Å². The first-order chi connectivity index (χ1) is 11.4. The van der Waals surface area contributed by atoms with Crippen LogP contribution in [0.1, 0.15) is 47.2 Å². The summed E-state index contributed by atoms with van der Waals surface area (Å²) in [6.07, 6.45) is 0. The van der Waals surface area contributed by atoms with Gasteiger partial charge in [-0.1, -0.05) is 26.0 Å². The molecule has 1 heterocycles. The molecule has 0 fully saturated rings. The normalized spacial score (nSPS) is 10.7. The number of hydrogen-bond donors (Lipinski definition) is 2. The molecule has 0 aliphatic heterocycles. The molecule has 0 saturated carbocycles. The van der Waals surface area contributed by atoms with Crippen molar-refractivity contribution < 1.29 is 23.8 Å². The summed E-state index contributed by atoms with van der Waals surface area (Å²) in [4.78, 5) is 22.7. The number of furan rings is 1. The summed E-state index contributed by atoms with van der Waals surface area (Å²) in [6, 6.07) is 9.01. The summed E-state index contributed by atoms with van der Waals surface area (Å²) in [7, 11) is 0. The number of aromatic carboxylic acids is 1. The van der Waals surface area contributed by atoms with Crippen molar-refractivity contribution >= 4 is 11.9 Å². The van der Waals surface area contributed by atoms with Crippen LogP contribution in [0.3, 0.4) is 0 Å². The lowest BCUT2D eigenvalue weighted by atomic mass is 10.0. The maximum absolute atomic E-state index is 11.8. The Kier molecular flexibility index (Phi) is 5.63. The van der Waals surface area contributed by atoms with Crippen LogP contribution in [0.25, 0.3) is 0 Å². The van der Waals surface area contributed by atoms with E-state index in [4.69, 9.17) is 14.3 Å². The molecule has 6 nitrogen and oxygen atoms in total. The van der Waals surface area contributed by atoms with Crippen molar-refractivity contribution in [1.82, 2.24) is 5.32 Å². The molecule has 0 spiro atoms. The summed E-state index contributed by atoms with van der Waals surface area (Å²) in [6.45, 7) is 5.78. The minimum absolute atomic E-state index is 0.0979. The first-order valence-electron chi connectivity index (χ1n) is 7.69. The van der Waals surface area contributed by atoms with Gasteiger partial charge >= 0.3 is 5.97 Å². The number of hydrogen-bond acceptors (Lipinski definition) is 4. The Balaban J connectivity index is 1.81. The van der Waals surface area contributed by atoms with E-state index in [1.165, 1.54) is 11.6 Å². The van der Waals surface area contributed by atoms with E-state index in [2.05, 4.69) is 19.2 Å². The highest BCUT2D eigenvalue weighted by Gasteiger charge is 2.14. The molecule has 2 rings (SSSR count). The minimum atomic E-state index is -1.05. The fourth-order valence-corrected chi connectivity index (χ4v) is 2.18. The molecule has 0 radical (unpaired) electrons. The van der Waals surface area contributed by atoms with E-state index in [0.717, 1.165) is 0 Å². The number of carboxylic acid groups (broad SMARTS) is 1. The maximum atomic E-state index is 11.8. The lowest BCUT2D eigenvalue weighted by Gasteiger charge is -2.09. The largest absolute Gasteiger partial charge is 0.484 e. The van der Waals surface area contributed by atoms with Gasteiger partial charge in [0.1, 0.15) is 22.8 Å². The van der Waals surface area contributed by atoms with Gasteiger partial charge in [0, 0.05) is 0 Å². The standard InChI is InChI=1S/C18H21NO5/c1-11(2)13-4-6-14(7-5-13)23-10-17(20)19-9-15-8-16(18(21)22)12(3)24-15/h4-8,11H,9-10H2,1-3H3,(H,19,20)(H,21,22). The zero-order chi connectivity index (χ0) is 17.7. The van der Waals surface area contributed by atoms with Crippen molar-refractivity contribution in [2.45, 2.75) is 33.2 Å². The van der Waals surface area contributed by atoms with E-state index in [-0.39, 0.29) is 24.6 Å². The molecule has 2 N–H and O–H groups in total. The second-order valence-electron chi connectivity index (χ2n) is 5.78. The topological polar surface area (TPSA) is 88.8 Å². The third-order valence-corrected chi connectivity index (χ3v) is 3.58. The van der Waals surface area contributed by atoms with Crippen molar-refractivity contribution in [2.24, 2.45) is 0 Å². The van der Waals surface area contributed by atoms with E-state index >= 15 is 0 Å². The van der Waals surface area contributed by atoms with Crippen molar-refractivity contribution in [1.29, 1.82) is 0 Å². The smallest absolute Gasteiger partial charge is 0.339 e. The summed E-state index contributed by atoms with van der Waals surface area (Å²) in [5.41, 5.74) is 1.30. The quantitative estimate of drug-likeness (QED) is 0.814. The van der Waals surface area contributed by atoms with Crippen LogP contribution < -0.4 is 10.1 Å². The highest BCUT2D eigenvalue weighted by atomic mass is 16.5. The van der Waals surface area contributed by atoms with Crippen LogP contribution in [-0.2, 0) is 11.3 Å². The summed E-state index contributed by atoms with van der Waals surface area (Å²) in [5.74, 6) is 0.398. The van der Waals surface area contributed by atoms with Gasteiger partial charge in [0.15, 0.2) is 6.61 Å². The zero-order valence-corrected chi connectivity index (χ0v) is 14.0. The van der Waals surface area contributed by atoms with E-state index < -0.39 is 5.97 Å². The Morgan fingerprint density at radius 2 is 1.92 bits per heavy atom. The molecule has 1 aromatic heterocycles. The summed E-state index contributed by atoms with van der Waals surface area (Å²) < 4.78 is 10.7. The third-order valence-electron chi connectivity index (χ3n) is 3.58. The van der Waals surface area contributed by atoms with Crippen molar-refractivity contribution in [2.75, 3.05) is 6.61 Å². The number of carbonyl (C=O) groups excluding carboxylic acids is 1. The highest BCUT2D eigenvalue weighted by Crippen LogP contribution is 2.18. The monoisotopic (exact) mass is 331 g/mol. The first kappa shape index (κ1) is 17.6. The molecule has 6 heteroatoms. The Labute approximate surface area is 140 Å². The number of ether oxygens (including phenoxy) is 1. The lowest BCUT2D eigenvalue weighted by molar-refractivity contribution is -0.123. The number of aryl methyl sites for hydroxylation is 1. The molecule has 128 valence electrons. The van der Waals surface area contributed by atoms with Gasteiger partial charge in [-0.05, 0) is 36.6 Å². The molecule has 24 heavy (non-hydrogen) atoms. The van der Waals surface area contributed by atoms with E-state index in [9.17, 15) is 9.59 Å². The van der Waals surface area contributed by atoms with Gasteiger partial charge in [-0.15, -0.1) is 0 Å². The fourth-order valence-electron chi connectivity index (χ4n) is 2.18. The maximum Gasteiger partial charge on any atom is 0.339 e. The van der Waals surface area contributed by atoms with Crippen LogP contribution >= 0.6 is 0 Å². The number of rotatable bonds is 7. The second-order valence-corrected chi connectivity index (χ2v) is 5.78. The number of benzene rings is 1. The first-order valence-corrected chi connectivity index (χ1v) is 7.69. The van der Waals surface area contributed by atoms with E-state index in [1.807, 2.05) is 24.3 Å². The van der Waals surface area contributed by atoms with Crippen LogP contribution in [0.5, 0.6) is 5.75 Å². The van der Waals surface area contributed by atoms with Crippen LogP contribution in [-0.4, -0.2) is 23.6 Å². The predicted octanol–water partition coefficient (Wildman–Crippen LogP) is 3.10. The Bertz CT molecular complexity index is 716. The van der Waals surface area contributed by atoms with Gasteiger partial charge in [0.05, 0.1) is 6.54 Å². The van der Waals surface area contributed by atoms with E-state index in [1.54, 1.807) is 6.92 Å². The molecule has 0 aliphatic carbocycles. The van der Waals surface area contributed by atoms with Crippen molar-refractivity contribution in [3.05, 3.63) is 53.0 Å². The van der Waals surface area contributed by atoms with Crippen LogP contribution in [0, 0.1) is 6.92 Å². The highest BCUT2D eigenvalue weighted by molar-refractivity contribution is 5.88. The van der Waals surface area contributed by atoms with Gasteiger partial charge in [-0.25, -0.2) is 4.79 Å². The van der Waals surface area contributed by atoms with Gasteiger partial charge in [-0.2, -0.15) is 0 Å². The Hall–Kier alpha value is -2.76. The minimum Gasteiger partial charge on any atom is -0.484 e. The third kappa shape index (κ3) is 4.62. The number of carbonyl (C=O) groups is 2. The fraction of sp³-hybridized carbons (Fsp3) is 0.333. The van der Waals surface area contributed by atoms with E-state index in [0.29, 0.717) is 23.2 Å². The number of carboxylic acids is 1.